The molecule has 5 rings (SSSR count). The third-order valence-electron chi connectivity index (χ3n) is 6.02. The Hall–Kier alpha value is -2.58. The summed E-state index contributed by atoms with van der Waals surface area (Å²) in [6.45, 7) is 4.51. The van der Waals surface area contributed by atoms with Gasteiger partial charge < -0.3 is 15.0 Å². The van der Waals surface area contributed by atoms with Gasteiger partial charge in [-0.1, -0.05) is 29.3 Å². The van der Waals surface area contributed by atoms with E-state index >= 15 is 0 Å². The van der Waals surface area contributed by atoms with Crippen molar-refractivity contribution in [2.45, 2.75) is 32.4 Å². The van der Waals surface area contributed by atoms with Crippen molar-refractivity contribution >= 4 is 35.0 Å². The van der Waals surface area contributed by atoms with Crippen LogP contribution in [0.25, 0.3) is 0 Å². The molecular formula is C21H23Cl2N7O. The second-order valence-electron chi connectivity index (χ2n) is 7.96. The monoisotopic (exact) mass is 459 g/mol. The number of nitrogens with zero attached hydrogens (tertiary/aromatic N) is 6. The molecule has 0 radical (unpaired) electrons. The molecule has 2 bridgehead atoms. The van der Waals surface area contributed by atoms with E-state index in [1.165, 1.54) is 6.33 Å². The minimum Gasteiger partial charge on any atom is -0.424 e. The molecule has 2 aliphatic rings. The Morgan fingerprint density at radius 3 is 2.65 bits per heavy atom. The molecule has 1 aromatic carbocycles. The number of fused-ring (bicyclic) bond motifs is 2. The summed E-state index contributed by atoms with van der Waals surface area (Å²) in [5.74, 6) is 3.09. The van der Waals surface area contributed by atoms with Crippen LogP contribution in [0.5, 0.6) is 11.8 Å². The zero-order valence-corrected chi connectivity index (χ0v) is 18.6. The van der Waals surface area contributed by atoms with Crippen molar-refractivity contribution in [2.75, 3.05) is 23.3 Å². The van der Waals surface area contributed by atoms with Gasteiger partial charge in [-0.3, -0.25) is 0 Å². The van der Waals surface area contributed by atoms with Gasteiger partial charge in [0, 0.05) is 36.8 Å². The standard InChI is InChI=1S/C21H23Cl2N7O/c1-2-30-21(31-16-5-3-4-15(22)8-16)27-20(28-30)26-19-13-6-7-14(19)11-29(10-13)18-9-17(23)24-12-25-18/h3-5,8-9,12-14,19H,2,6-7,10-11H2,1H3,(H,26,28)/t13-,14+,19-. The van der Waals surface area contributed by atoms with Crippen molar-refractivity contribution in [2.24, 2.45) is 11.8 Å². The van der Waals surface area contributed by atoms with Gasteiger partial charge in [0.05, 0.1) is 0 Å². The van der Waals surface area contributed by atoms with Crippen molar-refractivity contribution in [1.29, 1.82) is 0 Å². The van der Waals surface area contributed by atoms with Gasteiger partial charge in [-0.05, 0) is 49.8 Å². The number of nitrogens with one attached hydrogen (secondary N) is 1. The highest BCUT2D eigenvalue weighted by molar-refractivity contribution is 6.30. The molecule has 1 N–H and O–H groups in total. The van der Waals surface area contributed by atoms with Crippen LogP contribution in [-0.2, 0) is 6.54 Å². The zero-order valence-electron chi connectivity index (χ0n) is 17.1. The van der Waals surface area contributed by atoms with Gasteiger partial charge in [-0.25, -0.2) is 14.6 Å². The molecular weight excluding hydrogens is 437 g/mol. The lowest BCUT2D eigenvalue weighted by atomic mass is 9.92. The maximum Gasteiger partial charge on any atom is 0.322 e. The second kappa shape index (κ2) is 8.51. The highest BCUT2D eigenvalue weighted by Gasteiger charge is 2.43. The van der Waals surface area contributed by atoms with E-state index in [1.54, 1.807) is 10.7 Å². The summed E-state index contributed by atoms with van der Waals surface area (Å²) in [5, 5.41) is 9.28. The average Bonchev–Trinajstić information content (AvgIpc) is 3.23. The summed E-state index contributed by atoms with van der Waals surface area (Å²) in [7, 11) is 0. The molecule has 1 saturated carbocycles. The third-order valence-corrected chi connectivity index (χ3v) is 6.46. The first-order valence-electron chi connectivity index (χ1n) is 10.5. The Kier molecular flexibility index (Phi) is 5.58. The van der Waals surface area contributed by atoms with Gasteiger partial charge in [-0.15, -0.1) is 5.10 Å². The predicted octanol–water partition coefficient (Wildman–Crippen LogP) is 4.51. The van der Waals surface area contributed by atoms with Crippen LogP contribution in [0.4, 0.5) is 11.8 Å². The number of hydrogen-bond acceptors (Lipinski definition) is 7. The number of piperidine rings is 1. The topological polar surface area (TPSA) is 81.0 Å². The zero-order chi connectivity index (χ0) is 21.4. The van der Waals surface area contributed by atoms with Crippen LogP contribution in [0.1, 0.15) is 19.8 Å². The highest BCUT2D eigenvalue weighted by atomic mass is 35.5. The van der Waals surface area contributed by atoms with E-state index in [9.17, 15) is 0 Å². The molecule has 2 fully saturated rings. The molecule has 3 aromatic rings. The first-order chi connectivity index (χ1) is 15.1. The molecule has 2 aromatic heterocycles. The fraction of sp³-hybridized carbons (Fsp3) is 0.429. The summed E-state index contributed by atoms with van der Waals surface area (Å²) >= 11 is 12.1. The van der Waals surface area contributed by atoms with E-state index in [0.29, 0.717) is 52.3 Å². The molecule has 3 heterocycles. The van der Waals surface area contributed by atoms with Crippen LogP contribution in [0.3, 0.4) is 0 Å². The first kappa shape index (κ1) is 20.3. The normalized spacial score (nSPS) is 22.5. The maximum absolute atomic E-state index is 6.07. The lowest BCUT2D eigenvalue weighted by Gasteiger charge is -2.38. The molecule has 0 spiro atoms. The van der Waals surface area contributed by atoms with Gasteiger partial charge in [-0.2, -0.15) is 4.98 Å². The molecule has 1 aliphatic heterocycles. The number of hydrogen-bond donors (Lipinski definition) is 1. The van der Waals surface area contributed by atoms with E-state index < -0.39 is 0 Å². The molecule has 1 saturated heterocycles. The predicted molar refractivity (Wildman–Crippen MR) is 120 cm³/mol. The Balaban J connectivity index is 1.30. The van der Waals surface area contributed by atoms with Crippen LogP contribution >= 0.6 is 23.2 Å². The van der Waals surface area contributed by atoms with E-state index in [-0.39, 0.29) is 0 Å². The summed E-state index contributed by atoms with van der Waals surface area (Å²) < 4.78 is 7.69. The SMILES string of the molecule is CCn1nc(N[C@@H]2[C@@H]3CC[C@H]2CN(c2cc(Cl)ncn2)C3)nc1Oc1cccc(Cl)c1. The number of halogens is 2. The molecule has 10 heteroatoms. The van der Waals surface area contributed by atoms with Crippen LogP contribution in [0.15, 0.2) is 36.7 Å². The Morgan fingerprint density at radius 2 is 1.94 bits per heavy atom. The molecule has 3 atom stereocenters. The molecule has 162 valence electrons. The van der Waals surface area contributed by atoms with Crippen LogP contribution in [0.2, 0.25) is 10.2 Å². The number of aromatic nitrogens is 5. The third kappa shape index (κ3) is 4.27. The molecule has 1 aliphatic carbocycles. The van der Waals surface area contributed by atoms with E-state index in [0.717, 1.165) is 31.7 Å². The van der Waals surface area contributed by atoms with Gasteiger partial charge in [0.1, 0.15) is 23.0 Å². The van der Waals surface area contributed by atoms with Crippen LogP contribution in [0, 0.1) is 11.8 Å². The first-order valence-corrected chi connectivity index (χ1v) is 11.2. The van der Waals surface area contributed by atoms with Crippen molar-refractivity contribution in [3.8, 4) is 11.8 Å². The maximum atomic E-state index is 6.07. The number of aryl methyl sites for hydroxylation is 1. The van der Waals surface area contributed by atoms with Crippen LogP contribution < -0.4 is 15.0 Å². The summed E-state index contributed by atoms with van der Waals surface area (Å²) in [6, 6.07) is 9.87. The second-order valence-corrected chi connectivity index (χ2v) is 8.79. The molecule has 8 nitrogen and oxygen atoms in total. The largest absolute Gasteiger partial charge is 0.424 e. The summed E-state index contributed by atoms with van der Waals surface area (Å²) in [5.41, 5.74) is 0. The molecule has 0 amide bonds. The number of anilines is 2. The summed E-state index contributed by atoms with van der Waals surface area (Å²) in [6.07, 6.45) is 3.85. The number of rotatable bonds is 6. The average molecular weight is 460 g/mol. The highest BCUT2D eigenvalue weighted by Crippen LogP contribution is 2.40. The smallest absolute Gasteiger partial charge is 0.322 e. The molecule has 31 heavy (non-hydrogen) atoms. The minimum absolute atomic E-state index is 0.320. The number of ether oxygens (including phenoxy) is 1. The van der Waals surface area contributed by atoms with Gasteiger partial charge in [0.15, 0.2) is 0 Å². The Labute approximate surface area is 190 Å². The lowest BCUT2D eigenvalue weighted by Crippen LogP contribution is -2.48. The van der Waals surface area contributed by atoms with E-state index in [2.05, 4.69) is 30.3 Å². The quantitative estimate of drug-likeness (QED) is 0.542. The lowest BCUT2D eigenvalue weighted by molar-refractivity contribution is 0.374. The van der Waals surface area contributed by atoms with Crippen molar-refractivity contribution in [3.05, 3.63) is 46.8 Å². The van der Waals surface area contributed by atoms with Crippen LogP contribution in [-0.4, -0.2) is 43.9 Å². The fourth-order valence-electron chi connectivity index (χ4n) is 4.60. The Morgan fingerprint density at radius 1 is 1.13 bits per heavy atom. The fourth-order valence-corrected chi connectivity index (χ4v) is 4.92. The van der Waals surface area contributed by atoms with Gasteiger partial charge in [0.25, 0.3) is 0 Å². The van der Waals surface area contributed by atoms with E-state index in [4.69, 9.17) is 27.9 Å². The van der Waals surface area contributed by atoms with Crippen molar-refractivity contribution < 1.29 is 4.74 Å². The van der Waals surface area contributed by atoms with Gasteiger partial charge in [0.2, 0.25) is 5.95 Å². The molecule has 0 unspecified atom stereocenters. The number of benzene rings is 1. The van der Waals surface area contributed by atoms with E-state index in [1.807, 2.05) is 31.2 Å². The summed E-state index contributed by atoms with van der Waals surface area (Å²) in [4.78, 5) is 15.3. The van der Waals surface area contributed by atoms with Gasteiger partial charge >= 0.3 is 6.01 Å². The van der Waals surface area contributed by atoms with Crippen molar-refractivity contribution in [1.82, 2.24) is 24.7 Å². The van der Waals surface area contributed by atoms with Crippen molar-refractivity contribution in [3.63, 3.8) is 0 Å². The minimum atomic E-state index is 0.320. The Bertz CT molecular complexity index is 1060.